The lowest BCUT2D eigenvalue weighted by molar-refractivity contribution is 0.112. The maximum Gasteiger partial charge on any atom is 0.0124 e. The van der Waals surface area contributed by atoms with Crippen molar-refractivity contribution in [1.82, 2.24) is 4.90 Å². The molecule has 1 rings (SSSR count). The molecule has 2 heteroatoms. The summed E-state index contributed by atoms with van der Waals surface area (Å²) in [4.78, 5) is 2.73. The normalized spacial score (nSPS) is 18.7. The molecule has 1 aliphatic carbocycles. The molecule has 1 saturated carbocycles. The van der Waals surface area contributed by atoms with Crippen LogP contribution in [0.2, 0.25) is 0 Å². The van der Waals surface area contributed by atoms with Gasteiger partial charge in [-0.25, -0.2) is 0 Å². The third-order valence-corrected chi connectivity index (χ3v) is 3.91. The first kappa shape index (κ1) is 15.0. The van der Waals surface area contributed by atoms with E-state index >= 15 is 0 Å². The smallest absolute Gasteiger partial charge is 0.0124 e. The molecule has 0 aromatic heterocycles. The fourth-order valence-corrected chi connectivity index (χ4v) is 2.76. The monoisotopic (exact) mass is 240 g/mol. The molecule has 1 aliphatic rings. The van der Waals surface area contributed by atoms with Crippen LogP contribution in [0.4, 0.5) is 0 Å². The van der Waals surface area contributed by atoms with Crippen LogP contribution in [-0.4, -0.2) is 30.6 Å². The van der Waals surface area contributed by atoms with Crippen molar-refractivity contribution < 1.29 is 0 Å². The molecule has 0 aliphatic heterocycles. The molecule has 17 heavy (non-hydrogen) atoms. The molecule has 0 heterocycles. The maximum atomic E-state index is 5.89. The van der Waals surface area contributed by atoms with Crippen LogP contribution in [0, 0.1) is 11.3 Å². The quantitative estimate of drug-likeness (QED) is 0.670. The molecule has 1 atom stereocenters. The zero-order valence-corrected chi connectivity index (χ0v) is 12.3. The first-order valence-corrected chi connectivity index (χ1v) is 7.48. The van der Waals surface area contributed by atoms with Gasteiger partial charge in [0.25, 0.3) is 0 Å². The Bertz CT molecular complexity index is 209. The molecule has 0 aromatic rings. The van der Waals surface area contributed by atoms with Crippen molar-refractivity contribution in [3.63, 3.8) is 0 Å². The van der Waals surface area contributed by atoms with E-state index in [1.807, 2.05) is 0 Å². The Labute approximate surface area is 108 Å². The highest BCUT2D eigenvalue weighted by molar-refractivity contribution is 4.90. The molecular weight excluding hydrogens is 208 g/mol. The summed E-state index contributed by atoms with van der Waals surface area (Å²) in [5, 5.41) is 0. The summed E-state index contributed by atoms with van der Waals surface area (Å²) in [5.74, 6) is 0.982. The maximum absolute atomic E-state index is 5.89. The second-order valence-electron chi connectivity index (χ2n) is 6.53. The molecule has 0 saturated heterocycles. The third kappa shape index (κ3) is 4.97. The lowest BCUT2D eigenvalue weighted by Crippen LogP contribution is -2.45. The molecule has 1 unspecified atom stereocenters. The first-order chi connectivity index (χ1) is 8.04. The van der Waals surface area contributed by atoms with Crippen molar-refractivity contribution in [2.24, 2.45) is 17.1 Å². The highest BCUT2D eigenvalue weighted by atomic mass is 15.2. The van der Waals surface area contributed by atoms with Crippen LogP contribution in [0.15, 0.2) is 0 Å². The highest BCUT2D eigenvalue weighted by Gasteiger charge is 2.35. The van der Waals surface area contributed by atoms with Crippen molar-refractivity contribution in [1.29, 1.82) is 0 Å². The van der Waals surface area contributed by atoms with Crippen molar-refractivity contribution in [3.8, 4) is 0 Å². The van der Waals surface area contributed by atoms with E-state index in [9.17, 15) is 0 Å². The Morgan fingerprint density at radius 2 is 1.88 bits per heavy atom. The van der Waals surface area contributed by atoms with Gasteiger partial charge in [-0.3, -0.25) is 4.90 Å². The van der Waals surface area contributed by atoms with E-state index in [-0.39, 0.29) is 5.41 Å². The summed E-state index contributed by atoms with van der Waals surface area (Å²) in [6, 6.07) is 0.825. The fourth-order valence-electron chi connectivity index (χ4n) is 2.76. The second-order valence-corrected chi connectivity index (χ2v) is 6.53. The van der Waals surface area contributed by atoms with Gasteiger partial charge in [0.15, 0.2) is 0 Å². The first-order valence-electron chi connectivity index (χ1n) is 7.48. The molecule has 1 fully saturated rings. The van der Waals surface area contributed by atoms with Gasteiger partial charge in [0.05, 0.1) is 0 Å². The minimum Gasteiger partial charge on any atom is -0.330 e. The predicted molar refractivity (Wildman–Crippen MR) is 76.1 cm³/mol. The van der Waals surface area contributed by atoms with Crippen LogP contribution in [0.5, 0.6) is 0 Å². The highest BCUT2D eigenvalue weighted by Crippen LogP contribution is 2.38. The largest absolute Gasteiger partial charge is 0.330 e. The van der Waals surface area contributed by atoms with E-state index < -0.39 is 0 Å². The predicted octanol–water partition coefficient (Wildman–Crippen LogP) is 3.26. The molecule has 0 radical (unpaired) electrons. The van der Waals surface area contributed by atoms with Crippen LogP contribution < -0.4 is 5.73 Å². The topological polar surface area (TPSA) is 29.3 Å². The third-order valence-electron chi connectivity index (χ3n) is 3.91. The van der Waals surface area contributed by atoms with Crippen LogP contribution in [0.25, 0.3) is 0 Å². The van der Waals surface area contributed by atoms with Gasteiger partial charge in [0, 0.05) is 12.6 Å². The average Bonchev–Trinajstić information content (AvgIpc) is 3.09. The number of hydrogen-bond acceptors (Lipinski definition) is 2. The zero-order valence-electron chi connectivity index (χ0n) is 12.3. The van der Waals surface area contributed by atoms with Crippen molar-refractivity contribution >= 4 is 0 Å². The van der Waals surface area contributed by atoms with Gasteiger partial charge >= 0.3 is 0 Å². The number of rotatable bonds is 9. The number of hydrogen-bond donors (Lipinski definition) is 1. The molecular formula is C15H32N2. The van der Waals surface area contributed by atoms with E-state index in [4.69, 9.17) is 5.73 Å². The van der Waals surface area contributed by atoms with Gasteiger partial charge in [-0.05, 0) is 50.1 Å². The van der Waals surface area contributed by atoms with E-state index in [1.54, 1.807) is 0 Å². The van der Waals surface area contributed by atoms with Crippen molar-refractivity contribution in [3.05, 3.63) is 0 Å². The Morgan fingerprint density at radius 3 is 2.29 bits per heavy atom. The molecule has 0 amide bonds. The minimum absolute atomic E-state index is 0.260. The minimum atomic E-state index is 0.260. The van der Waals surface area contributed by atoms with Crippen LogP contribution in [-0.2, 0) is 0 Å². The lowest BCUT2D eigenvalue weighted by atomic mass is 9.91. The van der Waals surface area contributed by atoms with Crippen LogP contribution in [0.3, 0.4) is 0 Å². The lowest BCUT2D eigenvalue weighted by Gasteiger charge is -2.37. The molecule has 2 N–H and O–H groups in total. The molecule has 2 nitrogen and oxygen atoms in total. The molecule has 0 spiro atoms. The number of nitrogens with two attached hydrogens (primary N) is 1. The van der Waals surface area contributed by atoms with E-state index in [1.165, 1.54) is 45.2 Å². The Hall–Kier alpha value is -0.0800. The summed E-state index contributed by atoms with van der Waals surface area (Å²) in [6.45, 7) is 12.4. The standard InChI is InChI=1S/C15H32N2/c1-5-7-14(13-8-9-13)17(10-6-2)12-15(3,4)11-16/h13-14H,5-12,16H2,1-4H3. The summed E-state index contributed by atoms with van der Waals surface area (Å²) in [6.07, 6.45) is 6.84. The summed E-state index contributed by atoms with van der Waals surface area (Å²) >= 11 is 0. The molecule has 102 valence electrons. The van der Waals surface area contributed by atoms with Gasteiger partial charge in [0.1, 0.15) is 0 Å². The Balaban J connectivity index is 2.60. The Morgan fingerprint density at radius 1 is 1.24 bits per heavy atom. The van der Waals surface area contributed by atoms with E-state index in [2.05, 4.69) is 32.6 Å². The van der Waals surface area contributed by atoms with Gasteiger partial charge in [-0.2, -0.15) is 0 Å². The summed E-state index contributed by atoms with van der Waals surface area (Å²) < 4.78 is 0. The second kappa shape index (κ2) is 6.75. The number of nitrogens with zero attached hydrogens (tertiary/aromatic N) is 1. The van der Waals surface area contributed by atoms with Crippen molar-refractivity contribution in [2.45, 2.75) is 65.8 Å². The van der Waals surface area contributed by atoms with Gasteiger partial charge in [-0.15, -0.1) is 0 Å². The van der Waals surface area contributed by atoms with E-state index in [0.29, 0.717) is 0 Å². The van der Waals surface area contributed by atoms with Crippen LogP contribution >= 0.6 is 0 Å². The van der Waals surface area contributed by atoms with Gasteiger partial charge in [-0.1, -0.05) is 34.1 Å². The zero-order chi connectivity index (χ0) is 12.9. The fraction of sp³-hybridized carbons (Fsp3) is 1.00. The van der Waals surface area contributed by atoms with Crippen molar-refractivity contribution in [2.75, 3.05) is 19.6 Å². The van der Waals surface area contributed by atoms with Crippen LogP contribution in [0.1, 0.15) is 59.8 Å². The molecule has 0 aromatic carbocycles. The van der Waals surface area contributed by atoms with E-state index in [0.717, 1.165) is 18.5 Å². The van der Waals surface area contributed by atoms with Gasteiger partial charge in [0.2, 0.25) is 0 Å². The average molecular weight is 240 g/mol. The SMILES string of the molecule is CCCC(C1CC1)N(CCC)CC(C)(C)CN. The summed E-state index contributed by atoms with van der Waals surface area (Å²) in [5.41, 5.74) is 6.15. The van der Waals surface area contributed by atoms with Gasteiger partial charge < -0.3 is 5.73 Å². The molecule has 0 bridgehead atoms. The summed E-state index contributed by atoms with van der Waals surface area (Å²) in [7, 11) is 0. The Kier molecular flexibility index (Phi) is 5.94.